The molecule has 8 heteroatoms. The number of halogens is 1. The van der Waals surface area contributed by atoms with Gasteiger partial charge in [0.1, 0.15) is 30.3 Å². The van der Waals surface area contributed by atoms with E-state index in [-0.39, 0.29) is 12.3 Å². The Morgan fingerprint density at radius 3 is 2.89 bits per heavy atom. The molecule has 7 nitrogen and oxygen atoms in total. The first-order valence-corrected chi connectivity index (χ1v) is 12.3. The first-order chi connectivity index (χ1) is 17.1. The van der Waals surface area contributed by atoms with Crippen LogP contribution in [0.15, 0.2) is 30.3 Å². The number of benzene rings is 2. The van der Waals surface area contributed by atoms with Gasteiger partial charge in [-0.3, -0.25) is 4.79 Å². The molecular weight excluding hydrogens is 449 g/mol. The highest BCUT2D eigenvalue weighted by Gasteiger charge is 2.26. The summed E-state index contributed by atoms with van der Waals surface area (Å²) in [5.74, 6) is 0.253. The molecule has 0 aromatic heterocycles. The van der Waals surface area contributed by atoms with Gasteiger partial charge in [-0.15, -0.1) is 0 Å². The molecule has 2 atom stereocenters. The first-order valence-electron chi connectivity index (χ1n) is 12.3. The number of carbonyl (C=O) groups is 1. The topological polar surface area (TPSA) is 92.6 Å². The van der Waals surface area contributed by atoms with Gasteiger partial charge in [0.25, 0.3) is 5.91 Å². The average molecular weight is 480 g/mol. The van der Waals surface area contributed by atoms with E-state index < -0.39 is 18.0 Å². The SMILES string of the molecule is N#CC(Cc1cc2c(cc1F)-c1cc(C3CCOCC3)ccc1CO2)NC(=O)C1CNCCCO1. The molecule has 0 aliphatic carbocycles. The van der Waals surface area contributed by atoms with Crippen LogP contribution in [0.2, 0.25) is 0 Å². The third-order valence-corrected chi connectivity index (χ3v) is 6.98. The van der Waals surface area contributed by atoms with Crippen LogP contribution in [-0.2, 0) is 27.3 Å². The molecule has 1 amide bonds. The highest BCUT2D eigenvalue weighted by molar-refractivity contribution is 5.82. The Labute approximate surface area is 204 Å². The second kappa shape index (κ2) is 10.7. The van der Waals surface area contributed by atoms with Gasteiger partial charge in [0.2, 0.25) is 0 Å². The summed E-state index contributed by atoms with van der Waals surface area (Å²) in [6, 6.07) is 10.7. The summed E-state index contributed by atoms with van der Waals surface area (Å²) in [6.07, 6.45) is 2.18. The molecule has 0 radical (unpaired) electrons. The molecule has 2 unspecified atom stereocenters. The Kier molecular flexibility index (Phi) is 7.28. The van der Waals surface area contributed by atoms with E-state index >= 15 is 4.39 Å². The van der Waals surface area contributed by atoms with Crippen molar-refractivity contribution in [2.24, 2.45) is 0 Å². The summed E-state index contributed by atoms with van der Waals surface area (Å²) in [5.41, 5.74) is 4.31. The van der Waals surface area contributed by atoms with Crippen molar-refractivity contribution in [2.75, 3.05) is 32.9 Å². The minimum atomic E-state index is -0.877. The van der Waals surface area contributed by atoms with Crippen molar-refractivity contribution in [1.82, 2.24) is 10.6 Å². The Bertz CT molecular complexity index is 1120. The predicted molar refractivity (Wildman–Crippen MR) is 127 cm³/mol. The third-order valence-electron chi connectivity index (χ3n) is 6.98. The van der Waals surface area contributed by atoms with Crippen molar-refractivity contribution in [3.8, 4) is 22.9 Å². The third kappa shape index (κ3) is 5.32. The van der Waals surface area contributed by atoms with E-state index in [1.807, 2.05) is 0 Å². The van der Waals surface area contributed by atoms with Crippen LogP contribution < -0.4 is 15.4 Å². The van der Waals surface area contributed by atoms with Crippen LogP contribution in [0.4, 0.5) is 4.39 Å². The van der Waals surface area contributed by atoms with E-state index in [1.165, 1.54) is 11.6 Å². The van der Waals surface area contributed by atoms with Gasteiger partial charge in [0.15, 0.2) is 0 Å². The van der Waals surface area contributed by atoms with E-state index in [9.17, 15) is 10.1 Å². The fraction of sp³-hybridized carbons (Fsp3) is 0.481. The molecule has 0 spiro atoms. The molecule has 3 aliphatic rings. The molecule has 0 saturated carbocycles. The van der Waals surface area contributed by atoms with Crippen molar-refractivity contribution < 1.29 is 23.4 Å². The molecule has 2 fully saturated rings. The second-order valence-electron chi connectivity index (χ2n) is 9.34. The van der Waals surface area contributed by atoms with Crippen LogP contribution >= 0.6 is 0 Å². The van der Waals surface area contributed by atoms with Crippen LogP contribution in [0, 0.1) is 17.1 Å². The molecular formula is C27H30FN3O4. The van der Waals surface area contributed by atoms with E-state index in [0.717, 1.165) is 55.7 Å². The maximum atomic E-state index is 15.2. The number of carbonyl (C=O) groups excluding carboxylic acids is 1. The molecule has 2 saturated heterocycles. The van der Waals surface area contributed by atoms with Gasteiger partial charge in [-0.25, -0.2) is 4.39 Å². The number of nitriles is 1. The van der Waals surface area contributed by atoms with Crippen molar-refractivity contribution in [1.29, 1.82) is 5.26 Å². The normalized spacial score (nSPS) is 21.0. The zero-order valence-corrected chi connectivity index (χ0v) is 19.6. The molecule has 184 valence electrons. The number of nitrogens with one attached hydrogen (secondary N) is 2. The molecule has 5 rings (SSSR count). The van der Waals surface area contributed by atoms with Crippen molar-refractivity contribution in [3.63, 3.8) is 0 Å². The minimum absolute atomic E-state index is 0.0415. The molecule has 3 aliphatic heterocycles. The zero-order valence-electron chi connectivity index (χ0n) is 19.6. The Hall–Kier alpha value is -2.99. The van der Waals surface area contributed by atoms with Gasteiger partial charge >= 0.3 is 0 Å². The van der Waals surface area contributed by atoms with Gasteiger partial charge in [0, 0.05) is 38.3 Å². The Morgan fingerprint density at radius 2 is 2.06 bits per heavy atom. The maximum absolute atomic E-state index is 15.2. The lowest BCUT2D eigenvalue weighted by atomic mass is 9.86. The number of nitrogens with zero attached hydrogens (tertiary/aromatic N) is 1. The van der Waals surface area contributed by atoms with Crippen molar-refractivity contribution >= 4 is 5.91 Å². The predicted octanol–water partition coefficient (Wildman–Crippen LogP) is 3.21. The van der Waals surface area contributed by atoms with E-state index in [0.29, 0.717) is 37.0 Å². The monoisotopic (exact) mass is 479 g/mol. The van der Waals surface area contributed by atoms with Gasteiger partial charge in [-0.1, -0.05) is 18.2 Å². The van der Waals surface area contributed by atoms with Crippen LogP contribution in [0.3, 0.4) is 0 Å². The highest BCUT2D eigenvalue weighted by atomic mass is 19.1. The van der Waals surface area contributed by atoms with Crippen LogP contribution in [0.25, 0.3) is 11.1 Å². The largest absolute Gasteiger partial charge is 0.488 e. The average Bonchev–Trinajstić information content (AvgIpc) is 3.19. The van der Waals surface area contributed by atoms with Crippen molar-refractivity contribution in [2.45, 2.75) is 50.4 Å². The second-order valence-corrected chi connectivity index (χ2v) is 9.34. The lowest BCUT2D eigenvalue weighted by molar-refractivity contribution is -0.132. The smallest absolute Gasteiger partial charge is 0.251 e. The standard InChI is InChI=1S/C27H30FN3O4/c28-24-13-23-22-11-18(17-4-8-33-9-5-17)2-3-19(22)16-35-25(23)12-20(24)10-21(14-29)31-27(32)26-15-30-6-1-7-34-26/h2-3,11-13,17,21,26,30H,1,4-10,15-16H2,(H,31,32). The van der Waals surface area contributed by atoms with E-state index in [1.54, 1.807) is 6.07 Å². The summed E-state index contributed by atoms with van der Waals surface area (Å²) < 4.78 is 32.2. The Morgan fingerprint density at radius 1 is 1.20 bits per heavy atom. The number of amides is 1. The highest BCUT2D eigenvalue weighted by Crippen LogP contribution is 2.41. The Balaban J connectivity index is 1.34. The lowest BCUT2D eigenvalue weighted by Gasteiger charge is -2.26. The molecule has 0 bridgehead atoms. The van der Waals surface area contributed by atoms with E-state index in [2.05, 4.69) is 34.9 Å². The molecule has 35 heavy (non-hydrogen) atoms. The van der Waals surface area contributed by atoms with Crippen molar-refractivity contribution in [3.05, 3.63) is 52.8 Å². The van der Waals surface area contributed by atoms with Gasteiger partial charge < -0.3 is 24.8 Å². The summed E-state index contributed by atoms with van der Waals surface area (Å²) in [7, 11) is 0. The van der Waals surface area contributed by atoms with Gasteiger partial charge in [-0.2, -0.15) is 5.26 Å². The fourth-order valence-electron chi connectivity index (χ4n) is 4.99. The van der Waals surface area contributed by atoms with Crippen LogP contribution in [0.5, 0.6) is 5.75 Å². The molecule has 2 N–H and O–H groups in total. The van der Waals surface area contributed by atoms with Crippen LogP contribution in [0.1, 0.15) is 41.9 Å². The van der Waals surface area contributed by atoms with E-state index in [4.69, 9.17) is 14.2 Å². The maximum Gasteiger partial charge on any atom is 0.251 e. The van der Waals surface area contributed by atoms with Gasteiger partial charge in [-0.05, 0) is 66.1 Å². The first kappa shape index (κ1) is 23.7. The summed E-state index contributed by atoms with van der Waals surface area (Å²) in [4.78, 5) is 12.6. The summed E-state index contributed by atoms with van der Waals surface area (Å²) in [5, 5.41) is 15.5. The quantitative estimate of drug-likeness (QED) is 0.684. The molecule has 2 aromatic carbocycles. The minimum Gasteiger partial charge on any atom is -0.488 e. The number of ether oxygens (including phenoxy) is 3. The van der Waals surface area contributed by atoms with Gasteiger partial charge in [0.05, 0.1) is 6.07 Å². The lowest BCUT2D eigenvalue weighted by Crippen LogP contribution is -2.46. The summed E-state index contributed by atoms with van der Waals surface area (Å²) >= 11 is 0. The molecule has 2 aromatic rings. The number of fused-ring (bicyclic) bond motifs is 3. The summed E-state index contributed by atoms with van der Waals surface area (Å²) in [6.45, 7) is 3.59. The molecule has 3 heterocycles. The fourth-order valence-corrected chi connectivity index (χ4v) is 4.99. The van der Waals surface area contributed by atoms with Crippen LogP contribution in [-0.4, -0.2) is 51.0 Å². The number of rotatable bonds is 5. The number of hydrogen-bond acceptors (Lipinski definition) is 6. The zero-order chi connectivity index (χ0) is 24.2. The number of hydrogen-bond donors (Lipinski definition) is 2.